The topological polar surface area (TPSA) is 97.4 Å². The van der Waals surface area contributed by atoms with Gasteiger partial charge in [0.15, 0.2) is 0 Å². The average molecular weight is 505 g/mol. The molecule has 1 aromatic carbocycles. The molecule has 194 valence electrons. The van der Waals surface area contributed by atoms with Crippen molar-refractivity contribution in [2.45, 2.75) is 33.6 Å². The van der Waals surface area contributed by atoms with Crippen molar-refractivity contribution in [1.29, 1.82) is 0 Å². The third-order valence-electron chi connectivity index (χ3n) is 7.33. The standard InChI is InChI=1S/C27H32N6O4/c1-18-15-19(2)25(28-17-18)29-9-11-30(12-10-29)26(36)22-7-6-21(32-8-4-5-24(32)35)16-23(22)33-14-13-31(20(3)34)27(33)37/h6-7,15-17H,4-5,8-14H2,1-3H3. The van der Waals surface area contributed by atoms with Crippen molar-refractivity contribution in [2.75, 3.05) is 60.5 Å². The molecule has 0 aliphatic carbocycles. The maximum absolute atomic E-state index is 13.7. The number of aryl methyl sites for hydroxylation is 2. The van der Waals surface area contributed by atoms with Crippen molar-refractivity contribution in [3.8, 4) is 0 Å². The summed E-state index contributed by atoms with van der Waals surface area (Å²) in [7, 11) is 0. The van der Waals surface area contributed by atoms with Crippen LogP contribution in [0, 0.1) is 13.8 Å². The highest BCUT2D eigenvalue weighted by atomic mass is 16.2. The van der Waals surface area contributed by atoms with E-state index in [1.807, 2.05) is 20.0 Å². The van der Waals surface area contributed by atoms with E-state index in [0.29, 0.717) is 62.6 Å². The van der Waals surface area contributed by atoms with Crippen LogP contribution in [0.1, 0.15) is 41.3 Å². The third kappa shape index (κ3) is 4.63. The Morgan fingerprint density at radius 3 is 2.27 bits per heavy atom. The maximum atomic E-state index is 13.7. The Morgan fingerprint density at radius 1 is 0.892 bits per heavy atom. The number of hydrogen-bond donors (Lipinski definition) is 0. The number of carbonyl (C=O) groups is 4. The van der Waals surface area contributed by atoms with Crippen molar-refractivity contribution in [3.63, 3.8) is 0 Å². The van der Waals surface area contributed by atoms with Gasteiger partial charge in [0, 0.05) is 71.0 Å². The molecule has 0 unspecified atom stereocenters. The molecule has 10 nitrogen and oxygen atoms in total. The first-order chi connectivity index (χ1) is 17.7. The van der Waals surface area contributed by atoms with Gasteiger partial charge in [0.1, 0.15) is 5.82 Å². The quantitative estimate of drug-likeness (QED) is 0.635. The van der Waals surface area contributed by atoms with Gasteiger partial charge in [0.05, 0.1) is 11.3 Å². The lowest BCUT2D eigenvalue weighted by atomic mass is 10.1. The molecule has 0 radical (unpaired) electrons. The molecule has 0 atom stereocenters. The van der Waals surface area contributed by atoms with E-state index in [1.165, 1.54) is 16.7 Å². The monoisotopic (exact) mass is 504 g/mol. The van der Waals surface area contributed by atoms with Gasteiger partial charge in [-0.1, -0.05) is 6.07 Å². The molecule has 0 N–H and O–H groups in total. The molecule has 1 aromatic heterocycles. The van der Waals surface area contributed by atoms with Gasteiger partial charge < -0.3 is 14.7 Å². The van der Waals surface area contributed by atoms with E-state index in [9.17, 15) is 19.2 Å². The largest absolute Gasteiger partial charge is 0.353 e. The Labute approximate surface area is 216 Å². The molecular weight excluding hydrogens is 472 g/mol. The molecule has 2 aromatic rings. The number of benzene rings is 1. The lowest BCUT2D eigenvalue weighted by molar-refractivity contribution is -0.125. The average Bonchev–Trinajstić information content (AvgIpc) is 3.48. The van der Waals surface area contributed by atoms with Gasteiger partial charge in [0.2, 0.25) is 11.8 Å². The summed E-state index contributed by atoms with van der Waals surface area (Å²) in [4.78, 5) is 64.1. The number of anilines is 3. The third-order valence-corrected chi connectivity index (χ3v) is 7.33. The van der Waals surface area contributed by atoms with Crippen LogP contribution in [0.3, 0.4) is 0 Å². The van der Waals surface area contributed by atoms with Gasteiger partial charge >= 0.3 is 6.03 Å². The molecule has 3 fully saturated rings. The SMILES string of the molecule is CC(=O)N1CCN(c2cc(N3CCCC3=O)ccc2C(=O)N2CCN(c3ncc(C)cc3C)CC2)C1=O. The van der Waals surface area contributed by atoms with E-state index in [2.05, 4.69) is 16.0 Å². The molecule has 4 heterocycles. The number of amides is 5. The van der Waals surface area contributed by atoms with Crippen LogP contribution in [0.2, 0.25) is 0 Å². The number of imide groups is 1. The highest BCUT2D eigenvalue weighted by Gasteiger charge is 2.36. The minimum absolute atomic E-state index is 0.0271. The zero-order valence-corrected chi connectivity index (χ0v) is 21.6. The lowest BCUT2D eigenvalue weighted by Gasteiger charge is -2.36. The highest BCUT2D eigenvalue weighted by Crippen LogP contribution is 2.33. The Balaban J connectivity index is 1.40. The number of rotatable bonds is 4. The summed E-state index contributed by atoms with van der Waals surface area (Å²) in [6, 6.07) is 6.89. The fraction of sp³-hybridized carbons (Fsp3) is 0.444. The van der Waals surface area contributed by atoms with Crippen molar-refractivity contribution < 1.29 is 19.2 Å². The van der Waals surface area contributed by atoms with Crippen LogP contribution in [-0.2, 0) is 9.59 Å². The number of carbonyl (C=O) groups excluding carboxylic acids is 4. The zero-order chi connectivity index (χ0) is 26.3. The summed E-state index contributed by atoms with van der Waals surface area (Å²) in [6.45, 7) is 8.92. The molecule has 10 heteroatoms. The Hall–Kier alpha value is -3.95. The number of urea groups is 1. The molecule has 0 spiro atoms. The second-order valence-corrected chi connectivity index (χ2v) is 9.89. The Bertz CT molecular complexity index is 1270. The van der Waals surface area contributed by atoms with Crippen LogP contribution in [0.25, 0.3) is 0 Å². The van der Waals surface area contributed by atoms with Gasteiger partial charge in [-0.15, -0.1) is 0 Å². The van der Waals surface area contributed by atoms with Crippen molar-refractivity contribution in [1.82, 2.24) is 14.8 Å². The summed E-state index contributed by atoms with van der Waals surface area (Å²) in [5.74, 6) is 0.461. The maximum Gasteiger partial charge on any atom is 0.331 e. The smallest absolute Gasteiger partial charge is 0.331 e. The van der Waals surface area contributed by atoms with E-state index in [4.69, 9.17) is 0 Å². The van der Waals surface area contributed by atoms with E-state index in [-0.39, 0.29) is 24.3 Å². The summed E-state index contributed by atoms with van der Waals surface area (Å²) in [6.07, 6.45) is 3.11. The van der Waals surface area contributed by atoms with Crippen molar-refractivity contribution >= 4 is 40.9 Å². The molecular formula is C27H32N6O4. The minimum Gasteiger partial charge on any atom is -0.353 e. The first-order valence-electron chi connectivity index (χ1n) is 12.8. The number of aromatic nitrogens is 1. The number of pyridine rings is 1. The van der Waals surface area contributed by atoms with E-state index >= 15 is 0 Å². The van der Waals surface area contributed by atoms with E-state index < -0.39 is 6.03 Å². The molecule has 0 bridgehead atoms. The zero-order valence-electron chi connectivity index (χ0n) is 21.6. The second-order valence-electron chi connectivity index (χ2n) is 9.89. The Morgan fingerprint density at radius 2 is 1.65 bits per heavy atom. The van der Waals surface area contributed by atoms with Gasteiger partial charge in [-0.2, -0.15) is 0 Å². The van der Waals surface area contributed by atoms with Crippen LogP contribution in [0.4, 0.5) is 22.0 Å². The van der Waals surface area contributed by atoms with E-state index in [0.717, 1.165) is 23.4 Å². The van der Waals surface area contributed by atoms with Crippen LogP contribution in [0.15, 0.2) is 30.5 Å². The van der Waals surface area contributed by atoms with Gasteiger partial charge in [-0.05, 0) is 49.6 Å². The van der Waals surface area contributed by atoms with Crippen molar-refractivity contribution in [3.05, 3.63) is 47.2 Å². The predicted molar refractivity (Wildman–Crippen MR) is 140 cm³/mol. The summed E-state index contributed by atoms with van der Waals surface area (Å²) >= 11 is 0. The van der Waals surface area contributed by atoms with Gasteiger partial charge in [-0.3, -0.25) is 24.2 Å². The van der Waals surface area contributed by atoms with Crippen LogP contribution >= 0.6 is 0 Å². The summed E-state index contributed by atoms with van der Waals surface area (Å²) in [5.41, 5.74) is 3.72. The van der Waals surface area contributed by atoms with Crippen LogP contribution < -0.4 is 14.7 Å². The molecule has 0 saturated carbocycles. The van der Waals surface area contributed by atoms with Crippen LogP contribution in [-0.4, -0.2) is 84.3 Å². The highest BCUT2D eigenvalue weighted by molar-refractivity contribution is 6.10. The first-order valence-corrected chi connectivity index (χ1v) is 12.8. The fourth-order valence-electron chi connectivity index (χ4n) is 5.40. The number of piperazine rings is 1. The normalized spacial score (nSPS) is 18.3. The van der Waals surface area contributed by atoms with E-state index in [1.54, 1.807) is 28.0 Å². The fourth-order valence-corrected chi connectivity index (χ4v) is 5.40. The first kappa shape index (κ1) is 24.7. The second kappa shape index (κ2) is 9.84. The summed E-state index contributed by atoms with van der Waals surface area (Å²) < 4.78 is 0. The number of hydrogen-bond acceptors (Lipinski definition) is 6. The predicted octanol–water partition coefficient (Wildman–Crippen LogP) is 2.58. The molecule has 37 heavy (non-hydrogen) atoms. The van der Waals surface area contributed by atoms with Crippen LogP contribution in [0.5, 0.6) is 0 Å². The Kier molecular flexibility index (Phi) is 6.57. The van der Waals surface area contributed by atoms with Crippen molar-refractivity contribution in [2.24, 2.45) is 0 Å². The lowest BCUT2D eigenvalue weighted by Crippen LogP contribution is -2.49. The minimum atomic E-state index is -0.447. The summed E-state index contributed by atoms with van der Waals surface area (Å²) in [5, 5.41) is 0. The molecule has 5 amide bonds. The molecule has 3 saturated heterocycles. The van der Waals surface area contributed by atoms with Gasteiger partial charge in [-0.25, -0.2) is 9.78 Å². The molecule has 3 aliphatic heterocycles. The number of nitrogens with zero attached hydrogens (tertiary/aromatic N) is 6. The molecule has 5 rings (SSSR count). The molecule has 3 aliphatic rings. The van der Waals surface area contributed by atoms with Gasteiger partial charge in [0.25, 0.3) is 5.91 Å².